The van der Waals surface area contributed by atoms with Crippen LogP contribution in [0.2, 0.25) is 0 Å². The smallest absolute Gasteiger partial charge is 0.297 e. The van der Waals surface area contributed by atoms with Gasteiger partial charge in [-0.3, -0.25) is 4.79 Å². The molecule has 0 saturated heterocycles. The summed E-state index contributed by atoms with van der Waals surface area (Å²) in [7, 11) is 0. The Balaban J connectivity index is 3.57. The van der Waals surface area contributed by atoms with Crippen molar-refractivity contribution in [3.8, 4) is 0 Å². The summed E-state index contributed by atoms with van der Waals surface area (Å²) in [6.07, 6.45) is 3.22. The predicted octanol–water partition coefficient (Wildman–Crippen LogP) is 1.72. The van der Waals surface area contributed by atoms with Crippen molar-refractivity contribution in [2.45, 2.75) is 20.8 Å². The first-order valence-electron chi connectivity index (χ1n) is 2.83. The fourth-order valence-corrected chi connectivity index (χ4v) is 0.275. The maximum absolute atomic E-state index is 9.62. The highest BCUT2D eigenvalue weighted by Gasteiger charge is 2.02. The summed E-state index contributed by atoms with van der Waals surface area (Å²) in [4.78, 5) is 9.62. The van der Waals surface area contributed by atoms with Gasteiger partial charge in [-0.25, -0.2) is 0 Å². The number of allylic oxidation sites excluding steroid dienone is 1. The fourth-order valence-electron chi connectivity index (χ4n) is 0.275. The Labute approximate surface area is 55.5 Å². The van der Waals surface area contributed by atoms with E-state index in [2.05, 4.69) is 4.74 Å². The first-order valence-corrected chi connectivity index (χ1v) is 2.83. The highest BCUT2D eigenvalue weighted by molar-refractivity contribution is 5.38. The molecule has 0 bridgehead atoms. The summed E-state index contributed by atoms with van der Waals surface area (Å²) in [5.41, 5.74) is 0.0863. The third-order valence-electron chi connectivity index (χ3n) is 0.702. The first-order chi connectivity index (χ1) is 4.06. The van der Waals surface area contributed by atoms with Crippen LogP contribution in [0.5, 0.6) is 0 Å². The Kier molecular flexibility index (Phi) is 2.99. The van der Waals surface area contributed by atoms with E-state index in [1.54, 1.807) is 0 Å². The Morgan fingerprint density at radius 3 is 2.22 bits per heavy atom. The lowest BCUT2D eigenvalue weighted by Gasteiger charge is -2.09. The molecule has 0 fully saturated rings. The van der Waals surface area contributed by atoms with Crippen molar-refractivity contribution in [2.75, 3.05) is 0 Å². The molecule has 0 aromatic rings. The van der Waals surface area contributed by atoms with Crippen LogP contribution in [0.25, 0.3) is 0 Å². The van der Waals surface area contributed by atoms with E-state index in [9.17, 15) is 4.79 Å². The molecule has 0 radical (unpaired) electrons. The standard InChI is InChI=1S/C7H12O2/c1-7(2,3)4-5-9-6-8/h4-6H,1-3H3. The third kappa shape index (κ3) is 7.21. The maximum atomic E-state index is 9.62. The monoisotopic (exact) mass is 128 g/mol. The van der Waals surface area contributed by atoms with Gasteiger partial charge < -0.3 is 4.74 Å². The lowest BCUT2D eigenvalue weighted by molar-refractivity contribution is -0.123. The molecule has 0 rings (SSSR count). The van der Waals surface area contributed by atoms with E-state index < -0.39 is 0 Å². The van der Waals surface area contributed by atoms with Gasteiger partial charge in [0.1, 0.15) is 0 Å². The van der Waals surface area contributed by atoms with Crippen LogP contribution < -0.4 is 0 Å². The molecule has 0 N–H and O–H groups in total. The predicted molar refractivity (Wildman–Crippen MR) is 35.7 cm³/mol. The second kappa shape index (κ2) is 3.28. The van der Waals surface area contributed by atoms with Crippen LogP contribution in [-0.4, -0.2) is 6.47 Å². The number of ether oxygens (including phenoxy) is 1. The van der Waals surface area contributed by atoms with Crippen LogP contribution in [0.1, 0.15) is 20.8 Å². The molecule has 0 spiro atoms. The van der Waals surface area contributed by atoms with Crippen LogP contribution in [0.15, 0.2) is 12.3 Å². The fraction of sp³-hybridized carbons (Fsp3) is 0.571. The SMILES string of the molecule is CC(C)(C)C=COC=O. The minimum absolute atomic E-state index is 0.0863. The molecule has 0 aromatic heterocycles. The van der Waals surface area contributed by atoms with E-state index in [4.69, 9.17) is 0 Å². The van der Waals surface area contributed by atoms with E-state index in [1.807, 2.05) is 26.8 Å². The van der Waals surface area contributed by atoms with E-state index >= 15 is 0 Å². The summed E-state index contributed by atoms with van der Waals surface area (Å²) in [5, 5.41) is 0. The van der Waals surface area contributed by atoms with Gasteiger partial charge in [-0.2, -0.15) is 0 Å². The van der Waals surface area contributed by atoms with Gasteiger partial charge in [0.25, 0.3) is 6.47 Å². The number of carbonyl (C=O) groups is 1. The third-order valence-corrected chi connectivity index (χ3v) is 0.702. The maximum Gasteiger partial charge on any atom is 0.297 e. The summed E-state index contributed by atoms with van der Waals surface area (Å²) >= 11 is 0. The Morgan fingerprint density at radius 1 is 1.33 bits per heavy atom. The lowest BCUT2D eigenvalue weighted by Crippen LogP contribution is -1.98. The Bertz CT molecular complexity index is 109. The zero-order valence-corrected chi connectivity index (χ0v) is 6.05. The van der Waals surface area contributed by atoms with Crippen LogP contribution in [-0.2, 0) is 9.53 Å². The Hall–Kier alpha value is -0.790. The molecule has 0 saturated carbocycles. The summed E-state index contributed by atoms with van der Waals surface area (Å²) in [6, 6.07) is 0. The zero-order chi connectivity index (χ0) is 7.33. The van der Waals surface area contributed by atoms with Crippen molar-refractivity contribution in [1.29, 1.82) is 0 Å². The summed E-state index contributed by atoms with van der Waals surface area (Å²) < 4.78 is 4.35. The van der Waals surface area contributed by atoms with E-state index in [0.29, 0.717) is 6.47 Å². The second-order valence-electron chi connectivity index (χ2n) is 2.90. The van der Waals surface area contributed by atoms with E-state index in [1.165, 1.54) is 6.26 Å². The van der Waals surface area contributed by atoms with Crippen molar-refractivity contribution in [3.63, 3.8) is 0 Å². The van der Waals surface area contributed by atoms with Crippen LogP contribution in [0.3, 0.4) is 0 Å². The van der Waals surface area contributed by atoms with Crippen LogP contribution in [0, 0.1) is 5.41 Å². The molecular formula is C7H12O2. The zero-order valence-electron chi connectivity index (χ0n) is 6.05. The van der Waals surface area contributed by atoms with Crippen molar-refractivity contribution in [1.82, 2.24) is 0 Å². The summed E-state index contributed by atoms with van der Waals surface area (Å²) in [6.45, 7) is 6.48. The van der Waals surface area contributed by atoms with Gasteiger partial charge in [0.2, 0.25) is 0 Å². The van der Waals surface area contributed by atoms with Gasteiger partial charge in [0, 0.05) is 0 Å². The van der Waals surface area contributed by atoms with Gasteiger partial charge >= 0.3 is 0 Å². The second-order valence-corrected chi connectivity index (χ2v) is 2.90. The number of hydrogen-bond acceptors (Lipinski definition) is 2. The average Bonchev–Trinajstić information content (AvgIpc) is 1.63. The van der Waals surface area contributed by atoms with Gasteiger partial charge in [-0.15, -0.1) is 0 Å². The average molecular weight is 128 g/mol. The highest BCUT2D eigenvalue weighted by Crippen LogP contribution is 2.13. The highest BCUT2D eigenvalue weighted by atomic mass is 16.5. The van der Waals surface area contributed by atoms with Gasteiger partial charge in [0.05, 0.1) is 6.26 Å². The molecular weight excluding hydrogens is 116 g/mol. The molecule has 0 atom stereocenters. The molecule has 0 unspecified atom stereocenters. The van der Waals surface area contributed by atoms with E-state index in [0.717, 1.165) is 0 Å². The lowest BCUT2D eigenvalue weighted by atomic mass is 9.97. The normalized spacial score (nSPS) is 11.9. The number of hydrogen-bond donors (Lipinski definition) is 0. The Morgan fingerprint density at radius 2 is 1.89 bits per heavy atom. The van der Waals surface area contributed by atoms with E-state index in [-0.39, 0.29) is 5.41 Å². The topological polar surface area (TPSA) is 26.3 Å². The molecule has 0 heterocycles. The van der Waals surface area contributed by atoms with Gasteiger partial charge in [-0.05, 0) is 11.5 Å². The molecule has 0 aromatic carbocycles. The quantitative estimate of drug-likeness (QED) is 0.418. The molecule has 0 aliphatic heterocycles. The first kappa shape index (κ1) is 8.21. The molecule has 2 heteroatoms. The van der Waals surface area contributed by atoms with Crippen LogP contribution >= 0.6 is 0 Å². The van der Waals surface area contributed by atoms with Gasteiger partial charge in [0.15, 0.2) is 0 Å². The number of carbonyl (C=O) groups excluding carboxylic acids is 1. The van der Waals surface area contributed by atoms with Crippen molar-refractivity contribution in [2.24, 2.45) is 5.41 Å². The molecule has 0 aliphatic rings. The molecule has 9 heavy (non-hydrogen) atoms. The summed E-state index contributed by atoms with van der Waals surface area (Å²) in [5.74, 6) is 0. The van der Waals surface area contributed by atoms with Gasteiger partial charge in [-0.1, -0.05) is 20.8 Å². The number of rotatable bonds is 2. The minimum Gasteiger partial charge on any atom is -0.437 e. The molecule has 2 nitrogen and oxygen atoms in total. The van der Waals surface area contributed by atoms with Crippen molar-refractivity contribution in [3.05, 3.63) is 12.3 Å². The molecule has 0 aliphatic carbocycles. The van der Waals surface area contributed by atoms with Crippen molar-refractivity contribution >= 4 is 6.47 Å². The van der Waals surface area contributed by atoms with Crippen molar-refractivity contribution < 1.29 is 9.53 Å². The molecule has 0 amide bonds. The molecule has 52 valence electrons. The largest absolute Gasteiger partial charge is 0.437 e. The minimum atomic E-state index is 0.0863. The van der Waals surface area contributed by atoms with Crippen LogP contribution in [0.4, 0.5) is 0 Å².